The Balaban J connectivity index is 1.83. The van der Waals surface area contributed by atoms with Gasteiger partial charge in [-0.2, -0.15) is 0 Å². The van der Waals surface area contributed by atoms with Gasteiger partial charge in [-0.3, -0.25) is 9.69 Å². The van der Waals surface area contributed by atoms with Crippen LogP contribution in [-0.2, 0) is 11.3 Å². The van der Waals surface area contributed by atoms with Crippen molar-refractivity contribution >= 4 is 17.2 Å². The van der Waals surface area contributed by atoms with Gasteiger partial charge in [0.2, 0.25) is 5.91 Å². The van der Waals surface area contributed by atoms with Gasteiger partial charge >= 0.3 is 0 Å². The first-order chi connectivity index (χ1) is 14.2. The third-order valence-electron chi connectivity index (χ3n) is 5.97. The van der Waals surface area contributed by atoms with Crippen LogP contribution in [0, 0.1) is 30.5 Å². The minimum atomic E-state index is -0.184. The molecule has 164 valence electrons. The summed E-state index contributed by atoms with van der Waals surface area (Å²) >= 11 is 1.80. The lowest BCUT2D eigenvalue weighted by molar-refractivity contribution is -0.135. The number of thiophene rings is 1. The number of nitrogens with zero attached hydrogens (tertiary/aromatic N) is 2. The highest BCUT2D eigenvalue weighted by molar-refractivity contribution is 7.10. The third kappa shape index (κ3) is 5.70. The summed E-state index contributed by atoms with van der Waals surface area (Å²) in [4.78, 5) is 18.8. The molecular weight excluding hydrogens is 395 g/mol. The van der Waals surface area contributed by atoms with Crippen LogP contribution in [0.25, 0.3) is 0 Å². The van der Waals surface area contributed by atoms with Gasteiger partial charge < -0.3 is 4.90 Å². The number of halogens is 1. The van der Waals surface area contributed by atoms with Gasteiger partial charge in [0.15, 0.2) is 0 Å². The molecule has 0 spiro atoms. The average Bonchev–Trinajstić information content (AvgIpc) is 3.26. The van der Waals surface area contributed by atoms with Crippen molar-refractivity contribution in [1.82, 2.24) is 9.80 Å². The lowest BCUT2D eigenvalue weighted by Crippen LogP contribution is -2.41. The number of aryl methyl sites for hydroxylation is 1. The molecule has 0 saturated carbocycles. The highest BCUT2D eigenvalue weighted by Crippen LogP contribution is 2.35. The molecule has 2 aromatic rings. The van der Waals surface area contributed by atoms with Gasteiger partial charge in [0.1, 0.15) is 5.82 Å². The molecule has 1 saturated heterocycles. The van der Waals surface area contributed by atoms with Gasteiger partial charge in [0.25, 0.3) is 0 Å². The maximum absolute atomic E-state index is 14.0. The van der Waals surface area contributed by atoms with Crippen LogP contribution in [0.4, 0.5) is 4.39 Å². The quantitative estimate of drug-likeness (QED) is 0.548. The predicted molar refractivity (Wildman–Crippen MR) is 123 cm³/mol. The highest BCUT2D eigenvalue weighted by Gasteiger charge is 2.36. The zero-order chi connectivity index (χ0) is 21.8. The van der Waals surface area contributed by atoms with Crippen molar-refractivity contribution in [2.24, 2.45) is 17.8 Å². The van der Waals surface area contributed by atoms with Crippen LogP contribution in [0.15, 0.2) is 35.7 Å². The molecule has 2 heterocycles. The molecule has 1 fully saturated rings. The Hall–Kier alpha value is -1.72. The number of hydrogen-bond acceptors (Lipinski definition) is 3. The lowest BCUT2D eigenvalue weighted by atomic mass is 9.88. The summed E-state index contributed by atoms with van der Waals surface area (Å²) < 4.78 is 14.0. The summed E-state index contributed by atoms with van der Waals surface area (Å²) in [5, 5.41) is 2.15. The molecule has 3 rings (SSSR count). The molecule has 30 heavy (non-hydrogen) atoms. The maximum Gasteiger partial charge on any atom is 0.225 e. The van der Waals surface area contributed by atoms with E-state index >= 15 is 0 Å². The second-order valence-corrected chi connectivity index (χ2v) is 10.4. The number of amides is 1. The Labute approximate surface area is 184 Å². The fourth-order valence-electron chi connectivity index (χ4n) is 4.50. The molecule has 0 aliphatic carbocycles. The SMILES string of the molecule is Cc1ccsc1CN1CC(CN(CC(C)C)C(=O)C(C)C)C(c2cccc(F)c2)C1. The van der Waals surface area contributed by atoms with E-state index in [-0.39, 0.29) is 23.6 Å². The number of carbonyl (C=O) groups excluding carboxylic acids is 1. The fraction of sp³-hybridized carbons (Fsp3) is 0.560. The van der Waals surface area contributed by atoms with Crippen molar-refractivity contribution in [3.8, 4) is 0 Å². The smallest absolute Gasteiger partial charge is 0.225 e. The summed E-state index contributed by atoms with van der Waals surface area (Å²) in [5.74, 6) is 0.976. The maximum atomic E-state index is 14.0. The largest absolute Gasteiger partial charge is 0.342 e. The zero-order valence-electron chi connectivity index (χ0n) is 18.9. The first kappa shape index (κ1) is 23.0. The summed E-state index contributed by atoms with van der Waals surface area (Å²) in [6.45, 7) is 14.7. The number of carbonyl (C=O) groups is 1. The Morgan fingerprint density at radius 3 is 2.60 bits per heavy atom. The molecule has 2 atom stereocenters. The molecule has 2 unspecified atom stereocenters. The fourth-order valence-corrected chi connectivity index (χ4v) is 5.45. The number of hydrogen-bond donors (Lipinski definition) is 0. The highest BCUT2D eigenvalue weighted by atomic mass is 32.1. The third-order valence-corrected chi connectivity index (χ3v) is 6.98. The van der Waals surface area contributed by atoms with Crippen molar-refractivity contribution < 1.29 is 9.18 Å². The van der Waals surface area contributed by atoms with Crippen LogP contribution in [-0.4, -0.2) is 41.9 Å². The van der Waals surface area contributed by atoms with Crippen LogP contribution in [0.1, 0.15) is 49.6 Å². The van der Waals surface area contributed by atoms with Gasteiger partial charge in [0.05, 0.1) is 0 Å². The van der Waals surface area contributed by atoms with E-state index in [1.807, 2.05) is 24.8 Å². The van der Waals surface area contributed by atoms with Gasteiger partial charge in [-0.15, -0.1) is 11.3 Å². The van der Waals surface area contributed by atoms with Crippen LogP contribution in [0.2, 0.25) is 0 Å². The molecular formula is C25H35FN2OS. The van der Waals surface area contributed by atoms with Crippen molar-refractivity contribution in [3.05, 3.63) is 57.5 Å². The Morgan fingerprint density at radius 1 is 1.23 bits per heavy atom. The van der Waals surface area contributed by atoms with E-state index in [1.165, 1.54) is 16.5 Å². The van der Waals surface area contributed by atoms with E-state index in [2.05, 4.69) is 37.1 Å². The van der Waals surface area contributed by atoms with Gasteiger partial charge in [-0.25, -0.2) is 4.39 Å². The van der Waals surface area contributed by atoms with E-state index in [0.717, 1.165) is 38.3 Å². The second kappa shape index (κ2) is 10.1. The first-order valence-corrected chi connectivity index (χ1v) is 11.9. The Bertz CT molecular complexity index is 847. The molecule has 1 amide bonds. The molecule has 0 radical (unpaired) electrons. The normalized spacial score (nSPS) is 19.7. The van der Waals surface area contributed by atoms with Gasteiger partial charge in [0, 0.05) is 49.4 Å². The average molecular weight is 431 g/mol. The monoisotopic (exact) mass is 430 g/mol. The summed E-state index contributed by atoms with van der Waals surface area (Å²) in [6, 6.07) is 9.20. The second-order valence-electron chi connectivity index (χ2n) is 9.43. The number of benzene rings is 1. The Morgan fingerprint density at radius 2 is 2.00 bits per heavy atom. The summed E-state index contributed by atoms with van der Waals surface area (Å²) in [6.07, 6.45) is 0. The molecule has 0 N–H and O–H groups in total. The van der Waals surface area contributed by atoms with E-state index in [1.54, 1.807) is 23.5 Å². The molecule has 1 aromatic carbocycles. The van der Waals surface area contributed by atoms with Crippen molar-refractivity contribution in [3.63, 3.8) is 0 Å². The minimum absolute atomic E-state index is 0.0114. The minimum Gasteiger partial charge on any atom is -0.342 e. The van der Waals surface area contributed by atoms with Crippen molar-refractivity contribution in [1.29, 1.82) is 0 Å². The van der Waals surface area contributed by atoms with Crippen molar-refractivity contribution in [2.75, 3.05) is 26.2 Å². The molecule has 5 heteroatoms. The number of likely N-dealkylation sites (tertiary alicyclic amines) is 1. The molecule has 1 aliphatic rings. The molecule has 0 bridgehead atoms. The molecule has 1 aliphatic heterocycles. The van der Waals surface area contributed by atoms with Crippen molar-refractivity contribution in [2.45, 2.75) is 47.1 Å². The van der Waals surface area contributed by atoms with E-state index in [4.69, 9.17) is 0 Å². The summed E-state index contributed by atoms with van der Waals surface area (Å²) in [7, 11) is 0. The predicted octanol–water partition coefficient (Wildman–Crippen LogP) is 5.55. The van der Waals surface area contributed by atoms with Gasteiger partial charge in [-0.1, -0.05) is 39.8 Å². The van der Waals surface area contributed by atoms with Crippen LogP contribution < -0.4 is 0 Å². The standard InChI is InChI=1S/C25H35FN2OS/c1-17(2)12-28(25(29)18(3)4)14-21-13-27(16-24-19(5)9-10-30-24)15-23(21)20-7-6-8-22(26)11-20/h6-11,17-18,21,23H,12-16H2,1-5H3. The van der Waals surface area contributed by atoms with Crippen LogP contribution >= 0.6 is 11.3 Å². The van der Waals surface area contributed by atoms with Crippen LogP contribution in [0.5, 0.6) is 0 Å². The number of rotatable bonds is 8. The lowest BCUT2D eigenvalue weighted by Gasteiger charge is -2.31. The topological polar surface area (TPSA) is 23.6 Å². The Kier molecular flexibility index (Phi) is 7.70. The van der Waals surface area contributed by atoms with E-state index < -0.39 is 0 Å². The van der Waals surface area contributed by atoms with E-state index in [0.29, 0.717) is 11.8 Å². The first-order valence-electron chi connectivity index (χ1n) is 11.0. The van der Waals surface area contributed by atoms with Crippen LogP contribution in [0.3, 0.4) is 0 Å². The van der Waals surface area contributed by atoms with E-state index in [9.17, 15) is 9.18 Å². The summed E-state index contributed by atoms with van der Waals surface area (Å²) in [5.41, 5.74) is 2.38. The van der Waals surface area contributed by atoms with Gasteiger partial charge in [-0.05, 0) is 53.5 Å². The molecule has 1 aromatic heterocycles. The zero-order valence-corrected chi connectivity index (χ0v) is 19.7. The molecule has 3 nitrogen and oxygen atoms in total.